The highest BCUT2D eigenvalue weighted by molar-refractivity contribution is 7.80. The highest BCUT2D eigenvalue weighted by Crippen LogP contribution is 2.78. The summed E-state index contributed by atoms with van der Waals surface area (Å²) >= 11 is 4.84. The summed E-state index contributed by atoms with van der Waals surface area (Å²) in [4.78, 5) is 0. The van der Waals surface area contributed by atoms with Crippen LogP contribution in [0.25, 0.3) is 0 Å². The first-order chi connectivity index (χ1) is 12.5. The molecule has 0 radical (unpaired) electrons. The lowest BCUT2D eigenvalue weighted by molar-refractivity contribution is -0.126. The summed E-state index contributed by atoms with van der Waals surface area (Å²) in [6.45, 7) is 5.18. The van der Waals surface area contributed by atoms with E-state index in [0.717, 1.165) is 17.8 Å². The van der Waals surface area contributed by atoms with Crippen LogP contribution < -0.4 is 0 Å². The van der Waals surface area contributed by atoms with Crippen LogP contribution in [-0.2, 0) is 4.74 Å². The lowest BCUT2D eigenvalue weighted by Gasteiger charge is -2.61. The number of hydrogen-bond donors (Lipinski definition) is 1. The molecule has 0 amide bonds. The van der Waals surface area contributed by atoms with Gasteiger partial charge in [-0.25, -0.2) is 0 Å². The minimum atomic E-state index is 0.170. The predicted octanol–water partition coefficient (Wildman–Crippen LogP) is 5.84. The van der Waals surface area contributed by atoms with Crippen LogP contribution in [0.15, 0.2) is 23.0 Å². The van der Waals surface area contributed by atoms with Crippen molar-refractivity contribution in [2.45, 2.75) is 88.1 Å². The molecule has 1 spiro atoms. The Labute approximate surface area is 162 Å². The summed E-state index contributed by atoms with van der Waals surface area (Å²) in [5.74, 6) is 3.16. The van der Waals surface area contributed by atoms with Gasteiger partial charge in [0.1, 0.15) is 5.60 Å². The fourth-order valence-electron chi connectivity index (χ4n) is 8.64. The fourth-order valence-corrected chi connectivity index (χ4v) is 9.03. The third-order valence-corrected chi connectivity index (χ3v) is 10.5. The lowest BCUT2D eigenvalue weighted by atomic mass is 9.44. The lowest BCUT2D eigenvalue weighted by Crippen LogP contribution is -2.58. The zero-order chi connectivity index (χ0) is 17.7. The third-order valence-electron chi connectivity index (χ3n) is 10.0. The first-order valence-corrected chi connectivity index (χ1v) is 11.4. The second kappa shape index (κ2) is 5.14. The maximum absolute atomic E-state index is 6.65. The van der Waals surface area contributed by atoms with Gasteiger partial charge < -0.3 is 9.15 Å². The van der Waals surface area contributed by atoms with Crippen molar-refractivity contribution < 1.29 is 9.15 Å². The standard InChI is InChI=1S/C23H32O2S/c1-21-8-5-16(26)11-15(21)3-4-18-17(21)6-9-22(2)19(14-7-10-24-13-14)12-20-23(18,22)25-20/h7,10,13,15-20,26H,3-6,8-9,11-12H2,1-2H3/t15-,16-,17-,18+,19+,20+,21-,22+,23+/m0/s1. The van der Waals surface area contributed by atoms with Gasteiger partial charge in [0, 0.05) is 10.7 Å². The van der Waals surface area contributed by atoms with Crippen molar-refractivity contribution in [3.8, 4) is 0 Å². The Bertz CT molecular complexity index is 716. The van der Waals surface area contributed by atoms with Crippen molar-refractivity contribution in [2.24, 2.45) is 28.6 Å². The molecule has 0 aromatic carbocycles. The van der Waals surface area contributed by atoms with Crippen molar-refractivity contribution in [3.05, 3.63) is 24.2 Å². The minimum Gasteiger partial charge on any atom is -0.472 e. The molecule has 1 saturated heterocycles. The van der Waals surface area contributed by atoms with Crippen molar-refractivity contribution in [3.63, 3.8) is 0 Å². The van der Waals surface area contributed by atoms with Crippen LogP contribution in [0.1, 0.15) is 76.7 Å². The van der Waals surface area contributed by atoms with Gasteiger partial charge in [0.2, 0.25) is 0 Å². The van der Waals surface area contributed by atoms with E-state index in [2.05, 4.69) is 19.9 Å². The smallest absolute Gasteiger partial charge is 0.104 e. The van der Waals surface area contributed by atoms with Gasteiger partial charge >= 0.3 is 0 Å². The van der Waals surface area contributed by atoms with E-state index < -0.39 is 0 Å². The number of hydrogen-bond acceptors (Lipinski definition) is 3. The maximum Gasteiger partial charge on any atom is 0.104 e. The first-order valence-electron chi connectivity index (χ1n) is 10.9. The van der Waals surface area contributed by atoms with Gasteiger partial charge in [-0.15, -0.1) is 0 Å². The van der Waals surface area contributed by atoms with E-state index in [1.807, 2.05) is 12.5 Å². The van der Waals surface area contributed by atoms with Crippen LogP contribution in [0.5, 0.6) is 0 Å². The first kappa shape index (κ1) is 16.5. The Balaban J connectivity index is 1.37. The Morgan fingerprint density at radius 1 is 1.04 bits per heavy atom. The van der Waals surface area contributed by atoms with Crippen molar-refractivity contribution in [1.82, 2.24) is 0 Å². The molecular weight excluding hydrogens is 340 g/mol. The Morgan fingerprint density at radius 3 is 2.73 bits per heavy atom. The van der Waals surface area contributed by atoms with E-state index in [4.69, 9.17) is 21.8 Å². The Kier molecular flexibility index (Phi) is 3.27. The Hall–Kier alpha value is -0.410. The van der Waals surface area contributed by atoms with E-state index in [-0.39, 0.29) is 5.60 Å². The predicted molar refractivity (Wildman–Crippen MR) is 105 cm³/mol. The highest BCUT2D eigenvalue weighted by Gasteiger charge is 2.80. The van der Waals surface area contributed by atoms with Gasteiger partial charge in [-0.3, -0.25) is 0 Å². The second-order valence-corrected chi connectivity index (χ2v) is 11.4. The van der Waals surface area contributed by atoms with Gasteiger partial charge in [-0.1, -0.05) is 13.8 Å². The van der Waals surface area contributed by atoms with Crippen molar-refractivity contribution >= 4 is 12.6 Å². The molecule has 1 aliphatic heterocycles. The van der Waals surface area contributed by atoms with Crippen LogP contribution in [0.3, 0.4) is 0 Å². The number of ether oxygens (including phenoxy) is 1. The summed E-state index contributed by atoms with van der Waals surface area (Å²) in [5.41, 5.74) is 2.41. The van der Waals surface area contributed by atoms with Crippen LogP contribution >= 0.6 is 12.6 Å². The molecule has 142 valence electrons. The van der Waals surface area contributed by atoms with Crippen molar-refractivity contribution in [1.29, 1.82) is 0 Å². The van der Waals surface area contributed by atoms with Gasteiger partial charge in [0.05, 0.1) is 18.6 Å². The molecular formula is C23H32O2S. The summed E-state index contributed by atoms with van der Waals surface area (Å²) < 4.78 is 12.1. The molecule has 0 N–H and O–H groups in total. The van der Waals surface area contributed by atoms with Gasteiger partial charge in [0.15, 0.2) is 0 Å². The normalized spacial score (nSPS) is 57.7. The summed E-state index contributed by atoms with van der Waals surface area (Å²) in [6.07, 6.45) is 15.1. The van der Waals surface area contributed by atoms with Crippen LogP contribution in [0.2, 0.25) is 0 Å². The molecule has 1 aromatic heterocycles. The maximum atomic E-state index is 6.65. The molecule has 1 aromatic rings. The van der Waals surface area contributed by atoms with E-state index in [9.17, 15) is 0 Å². The number of rotatable bonds is 1. The Morgan fingerprint density at radius 2 is 1.92 bits per heavy atom. The molecule has 0 bridgehead atoms. The summed E-state index contributed by atoms with van der Waals surface area (Å²) in [5, 5.41) is 0.638. The topological polar surface area (TPSA) is 25.7 Å². The molecule has 5 aliphatic rings. The fraction of sp³-hybridized carbons (Fsp3) is 0.826. The molecule has 5 fully saturated rings. The molecule has 9 atom stereocenters. The molecule has 2 heterocycles. The average molecular weight is 373 g/mol. The highest BCUT2D eigenvalue weighted by atomic mass is 32.1. The zero-order valence-electron chi connectivity index (χ0n) is 16.1. The van der Waals surface area contributed by atoms with Gasteiger partial charge in [-0.2, -0.15) is 12.6 Å². The molecule has 0 unspecified atom stereocenters. The van der Waals surface area contributed by atoms with Gasteiger partial charge in [0.25, 0.3) is 0 Å². The monoisotopic (exact) mass is 372 g/mol. The second-order valence-electron chi connectivity index (χ2n) is 10.6. The number of furan rings is 1. The van der Waals surface area contributed by atoms with Crippen molar-refractivity contribution in [2.75, 3.05) is 0 Å². The molecule has 6 rings (SSSR count). The molecule has 3 heteroatoms. The number of fused-ring (bicyclic) bond motifs is 3. The van der Waals surface area contributed by atoms with E-state index in [1.54, 1.807) is 0 Å². The summed E-state index contributed by atoms with van der Waals surface area (Å²) in [6, 6.07) is 2.20. The summed E-state index contributed by atoms with van der Waals surface area (Å²) in [7, 11) is 0. The SMILES string of the molecule is C[C@]12CC[C@H](S)C[C@@H]1CC[C@@H]1[C@@H]2CC[C@]2(C)[C@@H](c3ccoc3)C[C@H]3O[C@]132. The van der Waals surface area contributed by atoms with Gasteiger partial charge in [-0.05, 0) is 92.1 Å². The molecule has 4 aliphatic carbocycles. The van der Waals surface area contributed by atoms with Crippen LogP contribution in [-0.4, -0.2) is 17.0 Å². The van der Waals surface area contributed by atoms with E-state index in [0.29, 0.717) is 28.1 Å². The molecule has 4 saturated carbocycles. The average Bonchev–Trinajstić information content (AvgIpc) is 2.99. The number of thiol groups is 1. The third kappa shape index (κ3) is 1.81. The molecule has 26 heavy (non-hydrogen) atoms. The van der Waals surface area contributed by atoms with Crippen LogP contribution in [0.4, 0.5) is 0 Å². The molecule has 2 nitrogen and oxygen atoms in total. The quantitative estimate of drug-likeness (QED) is 0.495. The van der Waals surface area contributed by atoms with E-state index >= 15 is 0 Å². The zero-order valence-corrected chi connectivity index (χ0v) is 17.0. The largest absolute Gasteiger partial charge is 0.472 e. The van der Waals surface area contributed by atoms with E-state index in [1.165, 1.54) is 56.9 Å². The minimum absolute atomic E-state index is 0.170. The van der Waals surface area contributed by atoms with Crippen LogP contribution in [0, 0.1) is 28.6 Å². The number of epoxide rings is 1.